The number of hydrogen-bond acceptors (Lipinski definition) is 1. The van der Waals surface area contributed by atoms with Crippen LogP contribution in [0.2, 0.25) is 0 Å². The lowest BCUT2D eigenvalue weighted by atomic mass is 9.98. The van der Waals surface area contributed by atoms with Crippen LogP contribution < -0.4 is 4.90 Å². The maximum Gasteiger partial charge on any atom is 0.0534 e. The van der Waals surface area contributed by atoms with Crippen LogP contribution in [0, 0.1) is 0 Å². The molecule has 1 nitrogen and oxygen atoms in total. The maximum atomic E-state index is 2.37. The Morgan fingerprint density at radius 1 is 0.720 bits per heavy atom. The molecule has 0 bridgehead atoms. The number of anilines is 3. The molecular formula is C24H23N. The van der Waals surface area contributed by atoms with Crippen molar-refractivity contribution in [2.24, 2.45) is 0 Å². The monoisotopic (exact) mass is 325 g/mol. The molecule has 1 unspecified atom stereocenters. The molecule has 25 heavy (non-hydrogen) atoms. The summed E-state index contributed by atoms with van der Waals surface area (Å²) >= 11 is 0. The summed E-state index contributed by atoms with van der Waals surface area (Å²) in [7, 11) is 0. The summed E-state index contributed by atoms with van der Waals surface area (Å²) in [5.41, 5.74) is 7.53. The lowest BCUT2D eigenvalue weighted by Crippen LogP contribution is -2.11. The quantitative estimate of drug-likeness (QED) is 0.386. The molecule has 4 rings (SSSR count). The minimum absolute atomic E-state index is 0.597. The Kier molecular flexibility index (Phi) is 4.15. The Balaban J connectivity index is 1.87. The Hall–Kier alpha value is -2.80. The molecule has 1 heteroatoms. The van der Waals surface area contributed by atoms with Gasteiger partial charge in [0.25, 0.3) is 0 Å². The van der Waals surface area contributed by atoms with Gasteiger partial charge in [-0.2, -0.15) is 0 Å². The van der Waals surface area contributed by atoms with Gasteiger partial charge < -0.3 is 4.90 Å². The van der Waals surface area contributed by atoms with E-state index in [0.717, 1.165) is 0 Å². The lowest BCUT2D eigenvalue weighted by Gasteiger charge is -2.27. The van der Waals surface area contributed by atoms with Crippen molar-refractivity contribution in [3.8, 4) is 0 Å². The van der Waals surface area contributed by atoms with E-state index in [1.165, 1.54) is 40.2 Å². The first-order chi connectivity index (χ1) is 12.3. The molecule has 0 amide bonds. The standard InChI is InChI=1S/C24H23N/c1-3-18(2)19-14-16-22(17-15-19)25-23-10-6-4-8-20(23)12-13-21-9-5-7-11-24(21)25/h4-18H,3H2,1-2H3. The van der Waals surface area contributed by atoms with E-state index in [2.05, 4.69) is 104 Å². The fourth-order valence-electron chi connectivity index (χ4n) is 3.44. The van der Waals surface area contributed by atoms with Gasteiger partial charge in [-0.1, -0.05) is 74.5 Å². The zero-order chi connectivity index (χ0) is 17.2. The largest absolute Gasteiger partial charge is 0.309 e. The van der Waals surface area contributed by atoms with Gasteiger partial charge in [0.15, 0.2) is 0 Å². The SMILES string of the molecule is CCC(C)c1ccc(N2c3ccccc3C=Cc3ccccc32)cc1. The maximum absolute atomic E-state index is 2.37. The van der Waals surface area contributed by atoms with E-state index in [-0.39, 0.29) is 0 Å². The molecular weight excluding hydrogens is 302 g/mol. The summed E-state index contributed by atoms with van der Waals surface area (Å²) in [6.07, 6.45) is 5.59. The van der Waals surface area contributed by atoms with E-state index in [4.69, 9.17) is 0 Å². The van der Waals surface area contributed by atoms with Crippen LogP contribution in [0.15, 0.2) is 72.8 Å². The van der Waals surface area contributed by atoms with Crippen molar-refractivity contribution < 1.29 is 0 Å². The van der Waals surface area contributed by atoms with Crippen molar-refractivity contribution >= 4 is 29.2 Å². The molecule has 0 spiro atoms. The molecule has 0 N–H and O–H groups in total. The fourth-order valence-corrected chi connectivity index (χ4v) is 3.44. The second-order valence-corrected chi connectivity index (χ2v) is 6.69. The average molecular weight is 325 g/mol. The van der Waals surface area contributed by atoms with E-state index in [0.29, 0.717) is 5.92 Å². The Labute approximate surface area is 150 Å². The lowest BCUT2D eigenvalue weighted by molar-refractivity contribution is 0.733. The molecule has 0 radical (unpaired) electrons. The third-order valence-corrected chi connectivity index (χ3v) is 5.13. The summed E-state index contributed by atoms with van der Waals surface area (Å²) in [5.74, 6) is 0.597. The topological polar surface area (TPSA) is 3.24 Å². The minimum Gasteiger partial charge on any atom is -0.309 e. The van der Waals surface area contributed by atoms with Gasteiger partial charge in [-0.25, -0.2) is 0 Å². The van der Waals surface area contributed by atoms with Crippen LogP contribution in [0.4, 0.5) is 17.1 Å². The Morgan fingerprint density at radius 2 is 1.24 bits per heavy atom. The van der Waals surface area contributed by atoms with E-state index in [1.54, 1.807) is 0 Å². The second-order valence-electron chi connectivity index (χ2n) is 6.69. The highest BCUT2D eigenvalue weighted by Crippen LogP contribution is 2.41. The first kappa shape index (κ1) is 15.7. The van der Waals surface area contributed by atoms with Crippen LogP contribution in [-0.2, 0) is 0 Å². The number of benzene rings is 3. The molecule has 1 heterocycles. The Bertz CT molecular complexity index is 856. The van der Waals surface area contributed by atoms with Crippen LogP contribution in [0.1, 0.15) is 42.9 Å². The average Bonchev–Trinajstić information content (AvgIpc) is 2.84. The molecule has 0 aliphatic carbocycles. The fraction of sp³-hybridized carbons (Fsp3) is 0.167. The molecule has 124 valence electrons. The minimum atomic E-state index is 0.597. The number of fused-ring (bicyclic) bond motifs is 2. The summed E-state index contributed by atoms with van der Waals surface area (Å²) in [6.45, 7) is 4.53. The predicted octanol–water partition coefficient (Wildman–Crippen LogP) is 7.15. The molecule has 1 aliphatic rings. The van der Waals surface area contributed by atoms with E-state index >= 15 is 0 Å². The first-order valence-electron chi connectivity index (χ1n) is 9.04. The third kappa shape index (κ3) is 2.87. The van der Waals surface area contributed by atoms with Crippen LogP contribution in [-0.4, -0.2) is 0 Å². The predicted molar refractivity (Wildman–Crippen MR) is 109 cm³/mol. The summed E-state index contributed by atoms with van der Waals surface area (Å²) in [4.78, 5) is 2.37. The van der Waals surface area contributed by atoms with E-state index in [1.807, 2.05) is 0 Å². The third-order valence-electron chi connectivity index (χ3n) is 5.13. The molecule has 0 aromatic heterocycles. The summed E-state index contributed by atoms with van der Waals surface area (Å²) in [6, 6.07) is 26.2. The van der Waals surface area contributed by atoms with Crippen molar-refractivity contribution in [1.82, 2.24) is 0 Å². The highest BCUT2D eigenvalue weighted by Gasteiger charge is 2.19. The van der Waals surface area contributed by atoms with Crippen LogP contribution in [0.5, 0.6) is 0 Å². The summed E-state index contributed by atoms with van der Waals surface area (Å²) in [5, 5.41) is 0. The molecule has 0 saturated carbocycles. The number of para-hydroxylation sites is 2. The summed E-state index contributed by atoms with van der Waals surface area (Å²) < 4.78 is 0. The van der Waals surface area contributed by atoms with Crippen molar-refractivity contribution in [1.29, 1.82) is 0 Å². The van der Waals surface area contributed by atoms with E-state index < -0.39 is 0 Å². The van der Waals surface area contributed by atoms with Gasteiger partial charge in [0.1, 0.15) is 0 Å². The molecule has 1 aliphatic heterocycles. The highest BCUT2D eigenvalue weighted by atomic mass is 15.1. The van der Waals surface area contributed by atoms with Crippen LogP contribution in [0.25, 0.3) is 12.2 Å². The van der Waals surface area contributed by atoms with Gasteiger partial charge in [-0.3, -0.25) is 0 Å². The Morgan fingerprint density at radius 3 is 1.76 bits per heavy atom. The smallest absolute Gasteiger partial charge is 0.0534 e. The van der Waals surface area contributed by atoms with Crippen molar-refractivity contribution in [2.45, 2.75) is 26.2 Å². The molecule has 3 aromatic rings. The van der Waals surface area contributed by atoms with Gasteiger partial charge in [0.05, 0.1) is 11.4 Å². The van der Waals surface area contributed by atoms with Gasteiger partial charge >= 0.3 is 0 Å². The van der Waals surface area contributed by atoms with Gasteiger partial charge in [0.2, 0.25) is 0 Å². The zero-order valence-corrected chi connectivity index (χ0v) is 14.8. The van der Waals surface area contributed by atoms with Gasteiger partial charge in [-0.15, -0.1) is 0 Å². The van der Waals surface area contributed by atoms with Crippen molar-refractivity contribution in [3.63, 3.8) is 0 Å². The van der Waals surface area contributed by atoms with Crippen LogP contribution >= 0.6 is 0 Å². The number of hydrogen-bond donors (Lipinski definition) is 0. The zero-order valence-electron chi connectivity index (χ0n) is 14.8. The normalized spacial score (nSPS) is 13.8. The molecule has 0 saturated heterocycles. The molecule has 0 fully saturated rings. The first-order valence-corrected chi connectivity index (χ1v) is 9.04. The van der Waals surface area contributed by atoms with Crippen LogP contribution in [0.3, 0.4) is 0 Å². The number of rotatable bonds is 3. The number of nitrogens with zero attached hydrogens (tertiary/aromatic N) is 1. The van der Waals surface area contributed by atoms with Gasteiger partial charge in [0, 0.05) is 5.69 Å². The van der Waals surface area contributed by atoms with Crippen molar-refractivity contribution in [3.05, 3.63) is 89.5 Å². The van der Waals surface area contributed by atoms with Gasteiger partial charge in [-0.05, 0) is 53.3 Å². The van der Waals surface area contributed by atoms with Crippen molar-refractivity contribution in [2.75, 3.05) is 4.90 Å². The molecule has 1 atom stereocenters. The second kappa shape index (κ2) is 6.60. The van der Waals surface area contributed by atoms with E-state index in [9.17, 15) is 0 Å². The molecule has 3 aromatic carbocycles. The highest BCUT2D eigenvalue weighted by molar-refractivity contribution is 5.93.